The van der Waals surface area contributed by atoms with Gasteiger partial charge in [-0.1, -0.05) is 19.3 Å². The van der Waals surface area contributed by atoms with Gasteiger partial charge in [-0.15, -0.1) is 0 Å². The average Bonchev–Trinajstić information content (AvgIpc) is 2.99. The van der Waals surface area contributed by atoms with Crippen LogP contribution in [0.4, 0.5) is 0 Å². The Morgan fingerprint density at radius 2 is 2.10 bits per heavy atom. The third-order valence-corrected chi connectivity index (χ3v) is 5.56. The van der Waals surface area contributed by atoms with Gasteiger partial charge in [-0.05, 0) is 25.7 Å². The molecule has 0 amide bonds. The largest absolute Gasteiger partial charge is 0.370 e. The van der Waals surface area contributed by atoms with E-state index in [0.29, 0.717) is 6.54 Å². The number of ether oxygens (including phenoxy) is 1. The number of rotatable bonds is 3. The van der Waals surface area contributed by atoms with Crippen molar-refractivity contribution in [3.63, 3.8) is 0 Å². The molecule has 1 saturated heterocycles. The predicted molar refractivity (Wildman–Crippen MR) is 75.2 cm³/mol. The average molecular weight is 319 g/mol. The maximum atomic E-state index is 11.2. The van der Waals surface area contributed by atoms with Crippen LogP contribution in [-0.2, 0) is 20.3 Å². The molecular formula is C13H19ClN2O3S. The summed E-state index contributed by atoms with van der Waals surface area (Å²) in [6.07, 6.45) is 11.4. The van der Waals surface area contributed by atoms with E-state index in [1.807, 2.05) is 0 Å². The Bertz CT molecular complexity index is 578. The summed E-state index contributed by atoms with van der Waals surface area (Å²) in [5.74, 6) is 0. The molecule has 20 heavy (non-hydrogen) atoms. The Hall–Kier alpha value is -0.590. The maximum absolute atomic E-state index is 11.2. The third kappa shape index (κ3) is 3.02. The van der Waals surface area contributed by atoms with Crippen LogP contribution in [0.5, 0.6) is 0 Å². The van der Waals surface area contributed by atoms with Gasteiger partial charge in [0.25, 0.3) is 9.05 Å². The van der Waals surface area contributed by atoms with Gasteiger partial charge >= 0.3 is 0 Å². The summed E-state index contributed by atoms with van der Waals surface area (Å²) in [6, 6.07) is 0. The highest BCUT2D eigenvalue weighted by atomic mass is 35.7. The van der Waals surface area contributed by atoms with Crippen LogP contribution < -0.4 is 0 Å². The molecule has 2 heterocycles. The van der Waals surface area contributed by atoms with E-state index in [-0.39, 0.29) is 16.7 Å². The summed E-state index contributed by atoms with van der Waals surface area (Å²) in [4.78, 5) is 3.82. The predicted octanol–water partition coefficient (Wildman–Crippen LogP) is 2.69. The zero-order chi connectivity index (χ0) is 14.2. The van der Waals surface area contributed by atoms with Gasteiger partial charge in [0, 0.05) is 23.4 Å². The summed E-state index contributed by atoms with van der Waals surface area (Å²) >= 11 is 0. The van der Waals surface area contributed by atoms with Crippen LogP contribution in [0.15, 0.2) is 17.6 Å². The first-order chi connectivity index (χ1) is 9.47. The molecular weight excluding hydrogens is 300 g/mol. The molecule has 1 aromatic rings. The third-order valence-electron chi connectivity index (χ3n) is 4.38. The molecule has 0 N–H and O–H groups in total. The Morgan fingerprint density at radius 1 is 1.35 bits per heavy atom. The second-order valence-electron chi connectivity index (χ2n) is 5.87. The van der Waals surface area contributed by atoms with Gasteiger partial charge in [-0.25, -0.2) is 13.4 Å². The zero-order valence-corrected chi connectivity index (χ0v) is 12.9. The molecule has 1 aromatic heterocycles. The smallest absolute Gasteiger partial charge is 0.280 e. The molecule has 1 atom stereocenters. The van der Waals surface area contributed by atoms with Crippen molar-refractivity contribution in [3.8, 4) is 0 Å². The lowest BCUT2D eigenvalue weighted by atomic mass is 9.83. The van der Waals surface area contributed by atoms with Gasteiger partial charge in [0.15, 0.2) is 5.03 Å². The van der Waals surface area contributed by atoms with E-state index in [4.69, 9.17) is 15.4 Å². The number of halogens is 1. The normalized spacial score (nSPS) is 26.1. The van der Waals surface area contributed by atoms with Crippen molar-refractivity contribution >= 4 is 19.7 Å². The number of hydrogen-bond acceptors (Lipinski definition) is 4. The number of nitrogens with zero attached hydrogens (tertiary/aromatic N) is 2. The van der Waals surface area contributed by atoms with Crippen LogP contribution in [0.2, 0.25) is 0 Å². The summed E-state index contributed by atoms with van der Waals surface area (Å²) in [5, 5.41) is -0.0930. The highest BCUT2D eigenvalue weighted by Gasteiger charge is 2.40. The van der Waals surface area contributed by atoms with Gasteiger partial charge in [0.1, 0.15) is 0 Å². The molecule has 1 unspecified atom stereocenters. The Balaban J connectivity index is 1.63. The number of hydrogen-bond donors (Lipinski definition) is 0. The fourth-order valence-corrected chi connectivity index (χ4v) is 4.06. The molecule has 0 bridgehead atoms. The van der Waals surface area contributed by atoms with Gasteiger partial charge < -0.3 is 9.30 Å². The van der Waals surface area contributed by atoms with E-state index in [9.17, 15) is 8.42 Å². The van der Waals surface area contributed by atoms with Crippen molar-refractivity contribution in [1.29, 1.82) is 0 Å². The fraction of sp³-hybridized carbons (Fsp3) is 0.769. The highest BCUT2D eigenvalue weighted by Crippen LogP contribution is 2.42. The standard InChI is InChI=1S/C13H19ClN2O3S/c14-20(17,18)12-9-16(10-15-12)8-11-4-7-13(19-11)5-2-1-3-6-13/h9-11H,1-8H2. The molecule has 1 aliphatic carbocycles. The summed E-state index contributed by atoms with van der Waals surface area (Å²) < 4.78 is 30.4. The van der Waals surface area contributed by atoms with Gasteiger partial charge in [-0.3, -0.25) is 0 Å². The van der Waals surface area contributed by atoms with Crippen molar-refractivity contribution in [1.82, 2.24) is 9.55 Å². The Labute approximate surface area is 123 Å². The fourth-order valence-electron chi connectivity index (χ4n) is 3.39. The van der Waals surface area contributed by atoms with Gasteiger partial charge in [0.05, 0.1) is 18.0 Å². The first-order valence-electron chi connectivity index (χ1n) is 7.11. The zero-order valence-electron chi connectivity index (χ0n) is 11.3. The van der Waals surface area contributed by atoms with Crippen molar-refractivity contribution in [2.45, 2.75) is 68.2 Å². The molecule has 2 fully saturated rings. The van der Waals surface area contributed by atoms with E-state index in [2.05, 4.69) is 4.98 Å². The molecule has 2 aliphatic rings. The first kappa shape index (κ1) is 14.4. The summed E-state index contributed by atoms with van der Waals surface area (Å²) in [7, 11) is 1.53. The van der Waals surface area contributed by atoms with Gasteiger partial charge in [-0.2, -0.15) is 0 Å². The molecule has 1 saturated carbocycles. The summed E-state index contributed by atoms with van der Waals surface area (Å²) in [6.45, 7) is 0.640. The topological polar surface area (TPSA) is 61.2 Å². The van der Waals surface area contributed by atoms with Crippen molar-refractivity contribution in [3.05, 3.63) is 12.5 Å². The lowest BCUT2D eigenvalue weighted by molar-refractivity contribution is -0.0680. The monoisotopic (exact) mass is 318 g/mol. The molecule has 0 radical (unpaired) electrons. The van der Waals surface area contributed by atoms with Crippen LogP contribution in [0.3, 0.4) is 0 Å². The van der Waals surface area contributed by atoms with Crippen LogP contribution in [0.1, 0.15) is 44.9 Å². The number of aromatic nitrogens is 2. The van der Waals surface area contributed by atoms with Crippen LogP contribution in [0, 0.1) is 0 Å². The van der Waals surface area contributed by atoms with Crippen molar-refractivity contribution in [2.24, 2.45) is 0 Å². The molecule has 7 heteroatoms. The second kappa shape index (κ2) is 5.31. The summed E-state index contributed by atoms with van der Waals surface area (Å²) in [5.41, 5.74) is 0.0882. The molecule has 5 nitrogen and oxygen atoms in total. The van der Waals surface area contributed by atoms with Crippen molar-refractivity contribution < 1.29 is 13.2 Å². The second-order valence-corrected chi connectivity index (χ2v) is 8.38. The minimum Gasteiger partial charge on any atom is -0.370 e. The van der Waals surface area contributed by atoms with E-state index in [1.54, 1.807) is 4.57 Å². The highest BCUT2D eigenvalue weighted by molar-refractivity contribution is 8.13. The van der Waals surface area contributed by atoms with Crippen LogP contribution >= 0.6 is 10.7 Å². The Kier molecular flexibility index (Phi) is 3.81. The minimum atomic E-state index is -3.74. The number of imidazole rings is 1. The molecule has 3 rings (SSSR count). The lowest BCUT2D eigenvalue weighted by Crippen LogP contribution is -2.32. The lowest BCUT2D eigenvalue weighted by Gasteiger charge is -2.33. The van der Waals surface area contributed by atoms with E-state index in [0.717, 1.165) is 25.7 Å². The van der Waals surface area contributed by atoms with E-state index < -0.39 is 9.05 Å². The van der Waals surface area contributed by atoms with E-state index in [1.165, 1.54) is 31.8 Å². The first-order valence-corrected chi connectivity index (χ1v) is 9.42. The quantitative estimate of drug-likeness (QED) is 0.804. The molecule has 112 valence electrons. The van der Waals surface area contributed by atoms with Crippen LogP contribution in [-0.4, -0.2) is 29.7 Å². The minimum absolute atomic E-state index is 0.0882. The molecule has 1 spiro atoms. The molecule has 0 aromatic carbocycles. The molecule has 1 aliphatic heterocycles. The maximum Gasteiger partial charge on any atom is 0.280 e. The van der Waals surface area contributed by atoms with Crippen LogP contribution in [0.25, 0.3) is 0 Å². The SMILES string of the molecule is O=S(=O)(Cl)c1cn(CC2CCC3(CCCCC3)O2)cn1. The van der Waals surface area contributed by atoms with Gasteiger partial charge in [0.2, 0.25) is 0 Å². The van der Waals surface area contributed by atoms with E-state index >= 15 is 0 Å². The Morgan fingerprint density at radius 3 is 2.75 bits per heavy atom. The van der Waals surface area contributed by atoms with Crippen molar-refractivity contribution in [2.75, 3.05) is 0 Å².